The highest BCUT2D eigenvalue weighted by atomic mass is 79.9. The van der Waals surface area contributed by atoms with Gasteiger partial charge in [-0.25, -0.2) is 17.5 Å². The van der Waals surface area contributed by atoms with Crippen molar-refractivity contribution < 1.29 is 22.3 Å². The van der Waals surface area contributed by atoms with E-state index < -0.39 is 27.9 Å². The van der Waals surface area contributed by atoms with Crippen LogP contribution in [0, 0.1) is 18.7 Å². The molecule has 0 aliphatic rings. The average molecular weight is 567 g/mol. The molecule has 1 atom stereocenters. The molecule has 0 spiro atoms. The second-order valence-electron chi connectivity index (χ2n) is 8.55. The molecule has 0 aliphatic heterocycles. The number of nitrogens with zero attached hydrogens (tertiary/aromatic N) is 4. The molecule has 0 N–H and O–H groups in total. The summed E-state index contributed by atoms with van der Waals surface area (Å²) in [7, 11) is -2.98. The third-order valence-corrected chi connectivity index (χ3v) is 8.36. The van der Waals surface area contributed by atoms with Crippen LogP contribution >= 0.6 is 15.9 Å². The van der Waals surface area contributed by atoms with Crippen molar-refractivity contribution in [3.8, 4) is 0 Å². The molecule has 2 aromatic carbocycles. The van der Waals surface area contributed by atoms with Crippen LogP contribution in [0.25, 0.3) is 0 Å². The van der Waals surface area contributed by atoms with Crippen molar-refractivity contribution in [3.63, 3.8) is 0 Å². The molecule has 8 nitrogen and oxygen atoms in total. The van der Waals surface area contributed by atoms with E-state index in [9.17, 15) is 17.6 Å². The standard InChI is InChI=1S/C24H28BrFN4O4S/c1-16(2)23(24(31)34-4)30(35(32,33)22-10-9-19(26)13-21(22)25)12-11-20-15-29(28-27-20)14-18-7-5-17(3)6-8-18/h5-10,13,15-16,23H,11-12,14H2,1-4H3/t23-/m0/s1. The zero-order valence-electron chi connectivity index (χ0n) is 20.0. The predicted octanol–water partition coefficient (Wildman–Crippen LogP) is 3.97. The van der Waals surface area contributed by atoms with Gasteiger partial charge in [-0.2, -0.15) is 4.31 Å². The Kier molecular flexibility index (Phi) is 8.79. The maximum atomic E-state index is 13.7. The zero-order valence-corrected chi connectivity index (χ0v) is 22.4. The average Bonchev–Trinajstić information content (AvgIpc) is 3.24. The molecule has 35 heavy (non-hydrogen) atoms. The highest BCUT2D eigenvalue weighted by Crippen LogP contribution is 2.29. The van der Waals surface area contributed by atoms with Crippen LogP contribution in [0.2, 0.25) is 0 Å². The summed E-state index contributed by atoms with van der Waals surface area (Å²) in [6.45, 7) is 5.96. The van der Waals surface area contributed by atoms with Crippen LogP contribution in [0.3, 0.4) is 0 Å². The Balaban J connectivity index is 1.88. The van der Waals surface area contributed by atoms with Gasteiger partial charge in [-0.1, -0.05) is 48.9 Å². The highest BCUT2D eigenvalue weighted by Gasteiger charge is 2.39. The third kappa shape index (κ3) is 6.53. The number of ether oxygens (including phenoxy) is 1. The van der Waals surface area contributed by atoms with Crippen LogP contribution in [0.1, 0.15) is 30.7 Å². The van der Waals surface area contributed by atoms with Crippen LogP contribution in [-0.4, -0.2) is 53.4 Å². The fourth-order valence-electron chi connectivity index (χ4n) is 3.70. The maximum Gasteiger partial charge on any atom is 0.324 e. The number of sulfonamides is 1. The van der Waals surface area contributed by atoms with Crippen molar-refractivity contribution in [3.05, 3.63) is 75.8 Å². The summed E-state index contributed by atoms with van der Waals surface area (Å²) in [5, 5.41) is 8.32. The number of carbonyl (C=O) groups excluding carboxylic acids is 1. The Morgan fingerprint density at radius 2 is 1.89 bits per heavy atom. The fourth-order valence-corrected chi connectivity index (χ4v) is 6.42. The molecular weight excluding hydrogens is 539 g/mol. The first-order valence-electron chi connectivity index (χ1n) is 11.0. The minimum absolute atomic E-state index is 0.0483. The molecule has 188 valence electrons. The summed E-state index contributed by atoms with van der Waals surface area (Å²) in [4.78, 5) is 12.5. The Bertz CT molecular complexity index is 1280. The molecule has 0 bridgehead atoms. The maximum absolute atomic E-state index is 13.7. The molecule has 0 amide bonds. The van der Waals surface area contributed by atoms with Crippen molar-refractivity contribution in [2.75, 3.05) is 13.7 Å². The van der Waals surface area contributed by atoms with Gasteiger partial charge in [-0.15, -0.1) is 5.10 Å². The molecule has 3 aromatic rings. The summed E-state index contributed by atoms with van der Waals surface area (Å²) in [5.41, 5.74) is 2.79. The monoisotopic (exact) mass is 566 g/mol. The lowest BCUT2D eigenvalue weighted by atomic mass is 10.0. The lowest BCUT2D eigenvalue weighted by molar-refractivity contribution is -0.146. The van der Waals surface area contributed by atoms with E-state index >= 15 is 0 Å². The van der Waals surface area contributed by atoms with Crippen molar-refractivity contribution in [2.24, 2.45) is 5.92 Å². The number of esters is 1. The van der Waals surface area contributed by atoms with E-state index in [-0.39, 0.29) is 28.3 Å². The normalized spacial score (nSPS) is 12.8. The number of rotatable bonds is 10. The number of carbonyl (C=O) groups is 1. The summed E-state index contributed by atoms with van der Waals surface area (Å²) in [5.74, 6) is -1.64. The number of methoxy groups -OCH3 is 1. The molecular formula is C24H28BrFN4O4S. The van der Waals surface area contributed by atoms with Gasteiger partial charge in [0.05, 0.1) is 24.2 Å². The first-order valence-corrected chi connectivity index (χ1v) is 13.3. The number of hydrogen-bond acceptors (Lipinski definition) is 6. The topological polar surface area (TPSA) is 94.4 Å². The number of aryl methyl sites for hydroxylation is 1. The van der Waals surface area contributed by atoms with E-state index in [0.717, 1.165) is 27.6 Å². The van der Waals surface area contributed by atoms with E-state index in [1.807, 2.05) is 31.2 Å². The first-order chi connectivity index (χ1) is 16.5. The third-order valence-electron chi connectivity index (χ3n) is 5.50. The van der Waals surface area contributed by atoms with Crippen LogP contribution in [0.15, 0.2) is 58.0 Å². The van der Waals surface area contributed by atoms with E-state index in [4.69, 9.17) is 4.74 Å². The van der Waals surface area contributed by atoms with E-state index in [1.54, 1.807) is 24.7 Å². The lowest BCUT2D eigenvalue weighted by Crippen LogP contribution is -2.49. The van der Waals surface area contributed by atoms with Gasteiger partial charge in [0.15, 0.2) is 0 Å². The van der Waals surface area contributed by atoms with Crippen molar-refractivity contribution in [1.29, 1.82) is 0 Å². The molecule has 0 fully saturated rings. The van der Waals surface area contributed by atoms with Gasteiger partial charge < -0.3 is 4.74 Å². The molecule has 0 saturated carbocycles. The van der Waals surface area contributed by atoms with Gasteiger partial charge in [-0.3, -0.25) is 4.79 Å². The Labute approximate surface area is 213 Å². The molecule has 0 saturated heterocycles. The van der Waals surface area contributed by atoms with Crippen LogP contribution in [-0.2, 0) is 32.5 Å². The van der Waals surface area contributed by atoms with E-state index in [1.165, 1.54) is 13.2 Å². The van der Waals surface area contributed by atoms with Gasteiger partial charge in [0.2, 0.25) is 10.0 Å². The minimum Gasteiger partial charge on any atom is -0.468 e. The van der Waals surface area contributed by atoms with E-state index in [0.29, 0.717) is 12.2 Å². The van der Waals surface area contributed by atoms with E-state index in [2.05, 4.69) is 26.2 Å². The Hall–Kier alpha value is -2.63. The predicted molar refractivity (Wildman–Crippen MR) is 133 cm³/mol. The molecule has 11 heteroatoms. The molecule has 0 aliphatic carbocycles. The number of aromatic nitrogens is 3. The summed E-state index contributed by atoms with van der Waals surface area (Å²) >= 11 is 3.14. The SMILES string of the molecule is COC(=O)[C@H](C(C)C)N(CCc1cn(Cc2ccc(C)cc2)nn1)S(=O)(=O)c1ccc(F)cc1Br. The van der Waals surface area contributed by atoms with Gasteiger partial charge in [0.25, 0.3) is 0 Å². The van der Waals surface area contributed by atoms with Gasteiger partial charge in [-0.05, 0) is 52.5 Å². The second kappa shape index (κ2) is 11.4. The first kappa shape index (κ1) is 27.0. The van der Waals surface area contributed by atoms with Crippen LogP contribution in [0.4, 0.5) is 4.39 Å². The van der Waals surface area contributed by atoms with Crippen LogP contribution in [0.5, 0.6) is 0 Å². The Morgan fingerprint density at radius 3 is 2.49 bits per heavy atom. The molecule has 0 radical (unpaired) electrons. The number of halogens is 2. The summed E-state index contributed by atoms with van der Waals surface area (Å²) in [6.07, 6.45) is 1.97. The van der Waals surface area contributed by atoms with Gasteiger partial charge >= 0.3 is 5.97 Å². The van der Waals surface area contributed by atoms with Crippen molar-refractivity contribution >= 4 is 31.9 Å². The zero-order chi connectivity index (χ0) is 25.8. The van der Waals surface area contributed by atoms with Crippen LogP contribution < -0.4 is 0 Å². The molecule has 0 unspecified atom stereocenters. The number of benzene rings is 2. The second-order valence-corrected chi connectivity index (χ2v) is 11.3. The lowest BCUT2D eigenvalue weighted by Gasteiger charge is -2.31. The highest BCUT2D eigenvalue weighted by molar-refractivity contribution is 9.10. The smallest absolute Gasteiger partial charge is 0.324 e. The molecule has 1 aromatic heterocycles. The largest absolute Gasteiger partial charge is 0.468 e. The minimum atomic E-state index is -4.20. The van der Waals surface area contributed by atoms with Gasteiger partial charge in [0, 0.05) is 23.6 Å². The van der Waals surface area contributed by atoms with Crippen molar-refractivity contribution in [2.45, 2.75) is 44.7 Å². The number of hydrogen-bond donors (Lipinski definition) is 0. The molecule has 3 rings (SSSR count). The van der Waals surface area contributed by atoms with Crippen molar-refractivity contribution in [1.82, 2.24) is 19.3 Å². The summed E-state index contributed by atoms with van der Waals surface area (Å²) < 4.78 is 48.7. The fraction of sp³-hybridized carbons (Fsp3) is 0.375. The quantitative estimate of drug-likeness (QED) is 0.345. The summed E-state index contributed by atoms with van der Waals surface area (Å²) in [6, 6.07) is 10.3. The Morgan fingerprint density at radius 1 is 1.20 bits per heavy atom. The van der Waals surface area contributed by atoms with Gasteiger partial charge in [0.1, 0.15) is 11.9 Å². The molecule has 1 heterocycles.